The van der Waals surface area contributed by atoms with Gasteiger partial charge in [-0.2, -0.15) is 0 Å². The second kappa shape index (κ2) is 7.48. The quantitative estimate of drug-likeness (QED) is 0.491. The Bertz CT molecular complexity index is 1050. The number of carbonyl (C=O) groups is 1. The van der Waals surface area contributed by atoms with E-state index in [0.29, 0.717) is 11.3 Å². The number of amides is 1. The average Bonchev–Trinajstić information content (AvgIpc) is 3.10. The largest absolute Gasteiger partial charge is 0.298 e. The summed E-state index contributed by atoms with van der Waals surface area (Å²) < 4.78 is 0. The SMILES string of the molecule is O=C(Nc1nc(-c2ccc([N+](=O)[O-])cc2)cs1)c1ccc(Cl)c([N+](=O)[O-])c1. The summed E-state index contributed by atoms with van der Waals surface area (Å²) in [6.45, 7) is 0. The number of aromatic nitrogens is 1. The third kappa shape index (κ3) is 4.07. The van der Waals surface area contributed by atoms with Crippen molar-refractivity contribution in [1.82, 2.24) is 4.98 Å². The maximum Gasteiger partial charge on any atom is 0.288 e. The number of nitrogens with zero attached hydrogens (tertiary/aromatic N) is 3. The van der Waals surface area contributed by atoms with Gasteiger partial charge in [-0.3, -0.25) is 30.3 Å². The molecule has 0 bridgehead atoms. The van der Waals surface area contributed by atoms with Gasteiger partial charge in [-0.15, -0.1) is 11.3 Å². The van der Waals surface area contributed by atoms with Crippen LogP contribution in [0.15, 0.2) is 47.8 Å². The Labute approximate surface area is 160 Å². The lowest BCUT2D eigenvalue weighted by Gasteiger charge is -2.02. The van der Waals surface area contributed by atoms with Crippen molar-refractivity contribution in [2.75, 3.05) is 5.32 Å². The van der Waals surface area contributed by atoms with Crippen LogP contribution < -0.4 is 5.32 Å². The Morgan fingerprint density at radius 1 is 1.07 bits per heavy atom. The highest BCUT2D eigenvalue weighted by atomic mass is 35.5. The van der Waals surface area contributed by atoms with E-state index >= 15 is 0 Å². The van der Waals surface area contributed by atoms with Crippen molar-refractivity contribution in [3.8, 4) is 11.3 Å². The summed E-state index contributed by atoms with van der Waals surface area (Å²) in [7, 11) is 0. The van der Waals surface area contributed by atoms with E-state index in [1.54, 1.807) is 17.5 Å². The highest BCUT2D eigenvalue weighted by molar-refractivity contribution is 7.14. The molecule has 0 aliphatic heterocycles. The average molecular weight is 405 g/mol. The van der Waals surface area contributed by atoms with Gasteiger partial charge < -0.3 is 0 Å². The Balaban J connectivity index is 1.77. The summed E-state index contributed by atoms with van der Waals surface area (Å²) in [4.78, 5) is 37.0. The van der Waals surface area contributed by atoms with Gasteiger partial charge in [0.1, 0.15) is 5.02 Å². The second-order valence-electron chi connectivity index (χ2n) is 5.22. The van der Waals surface area contributed by atoms with Gasteiger partial charge in [0.05, 0.1) is 15.5 Å². The number of carbonyl (C=O) groups excluding carboxylic acids is 1. The van der Waals surface area contributed by atoms with Crippen LogP contribution in [0.1, 0.15) is 10.4 Å². The summed E-state index contributed by atoms with van der Waals surface area (Å²) in [5, 5.41) is 26.1. The second-order valence-corrected chi connectivity index (χ2v) is 6.48. The number of non-ortho nitro benzene ring substituents is 1. The van der Waals surface area contributed by atoms with Gasteiger partial charge in [0.25, 0.3) is 17.3 Å². The van der Waals surface area contributed by atoms with E-state index in [1.807, 2.05) is 0 Å². The zero-order valence-corrected chi connectivity index (χ0v) is 14.9. The van der Waals surface area contributed by atoms with Gasteiger partial charge in [0.2, 0.25) is 0 Å². The number of anilines is 1. The molecule has 11 heteroatoms. The van der Waals surface area contributed by atoms with Crippen LogP contribution in [0.25, 0.3) is 11.3 Å². The standard InChI is InChI=1S/C16H9ClN4O5S/c17-12-6-3-10(7-14(12)21(25)26)15(22)19-16-18-13(8-27-16)9-1-4-11(5-2-9)20(23)24/h1-8H,(H,18,19,22). The van der Waals surface area contributed by atoms with Crippen molar-refractivity contribution in [1.29, 1.82) is 0 Å². The van der Waals surface area contributed by atoms with Crippen molar-refractivity contribution in [2.24, 2.45) is 0 Å². The summed E-state index contributed by atoms with van der Waals surface area (Å²) in [6.07, 6.45) is 0. The van der Waals surface area contributed by atoms with Crippen molar-refractivity contribution >= 4 is 45.4 Å². The molecule has 3 rings (SSSR count). The molecule has 0 radical (unpaired) electrons. The third-order valence-corrected chi connectivity index (χ3v) is 4.58. The maximum absolute atomic E-state index is 12.3. The molecule has 0 aliphatic rings. The molecule has 2 aromatic carbocycles. The van der Waals surface area contributed by atoms with Crippen LogP contribution in [0.2, 0.25) is 5.02 Å². The zero-order valence-electron chi connectivity index (χ0n) is 13.3. The lowest BCUT2D eigenvalue weighted by Crippen LogP contribution is -2.12. The van der Waals surface area contributed by atoms with Crippen molar-refractivity contribution < 1.29 is 14.6 Å². The fourth-order valence-corrected chi connectivity index (χ4v) is 3.08. The van der Waals surface area contributed by atoms with Crippen LogP contribution in [0, 0.1) is 20.2 Å². The number of hydrogen-bond acceptors (Lipinski definition) is 7. The van der Waals surface area contributed by atoms with Gasteiger partial charge in [0.15, 0.2) is 5.13 Å². The molecule has 0 saturated heterocycles. The minimum absolute atomic E-state index is 0.0353. The zero-order chi connectivity index (χ0) is 19.6. The summed E-state index contributed by atoms with van der Waals surface area (Å²) in [6, 6.07) is 9.57. The Kier molecular flexibility index (Phi) is 5.10. The topological polar surface area (TPSA) is 128 Å². The first-order valence-corrected chi connectivity index (χ1v) is 8.56. The minimum Gasteiger partial charge on any atom is -0.298 e. The number of rotatable bonds is 5. The Morgan fingerprint density at radius 3 is 2.41 bits per heavy atom. The molecule has 0 unspecified atom stereocenters. The van der Waals surface area contributed by atoms with E-state index in [9.17, 15) is 25.0 Å². The molecule has 1 aromatic heterocycles. The number of benzene rings is 2. The summed E-state index contributed by atoms with van der Waals surface area (Å²) >= 11 is 6.89. The number of thiazole rings is 1. The van der Waals surface area contributed by atoms with E-state index < -0.39 is 15.8 Å². The smallest absolute Gasteiger partial charge is 0.288 e. The predicted molar refractivity (Wildman–Crippen MR) is 100 cm³/mol. The van der Waals surface area contributed by atoms with Crippen LogP contribution in [0.4, 0.5) is 16.5 Å². The number of nitro benzene ring substituents is 2. The molecule has 1 heterocycles. The van der Waals surface area contributed by atoms with E-state index in [4.69, 9.17) is 11.6 Å². The number of halogens is 1. The molecule has 0 saturated carbocycles. The molecule has 3 aromatic rings. The number of nitro groups is 2. The first-order valence-electron chi connectivity index (χ1n) is 7.31. The number of nitrogens with one attached hydrogen (secondary N) is 1. The molecule has 27 heavy (non-hydrogen) atoms. The van der Waals surface area contributed by atoms with Crippen LogP contribution >= 0.6 is 22.9 Å². The Morgan fingerprint density at radius 2 is 1.78 bits per heavy atom. The van der Waals surface area contributed by atoms with Crippen LogP contribution in [-0.2, 0) is 0 Å². The molecule has 9 nitrogen and oxygen atoms in total. The lowest BCUT2D eigenvalue weighted by atomic mass is 10.1. The minimum atomic E-state index is -0.671. The van der Waals surface area contributed by atoms with Crippen LogP contribution in [-0.4, -0.2) is 20.7 Å². The van der Waals surface area contributed by atoms with Gasteiger partial charge >= 0.3 is 0 Å². The predicted octanol–water partition coefficient (Wildman–Crippen LogP) is 4.53. The normalized spacial score (nSPS) is 10.4. The first kappa shape index (κ1) is 18.4. The van der Waals surface area contributed by atoms with Crippen LogP contribution in [0.5, 0.6) is 0 Å². The monoisotopic (exact) mass is 404 g/mol. The number of hydrogen-bond donors (Lipinski definition) is 1. The first-order chi connectivity index (χ1) is 12.8. The molecular weight excluding hydrogens is 396 g/mol. The van der Waals surface area contributed by atoms with E-state index in [1.165, 1.54) is 24.3 Å². The van der Waals surface area contributed by atoms with Crippen LogP contribution in [0.3, 0.4) is 0 Å². The molecule has 0 fully saturated rings. The molecule has 0 atom stereocenters. The van der Waals surface area contributed by atoms with E-state index in [-0.39, 0.29) is 27.1 Å². The highest BCUT2D eigenvalue weighted by Gasteiger charge is 2.17. The summed E-state index contributed by atoms with van der Waals surface area (Å²) in [5.74, 6) is -0.570. The summed E-state index contributed by atoms with van der Waals surface area (Å²) in [5.41, 5.74) is 0.854. The van der Waals surface area contributed by atoms with Crippen molar-refractivity contribution in [3.63, 3.8) is 0 Å². The van der Waals surface area contributed by atoms with Gasteiger partial charge in [-0.1, -0.05) is 11.6 Å². The lowest BCUT2D eigenvalue weighted by molar-refractivity contribution is -0.385. The fraction of sp³-hybridized carbons (Fsp3) is 0. The highest BCUT2D eigenvalue weighted by Crippen LogP contribution is 2.28. The molecule has 0 spiro atoms. The third-order valence-electron chi connectivity index (χ3n) is 3.50. The molecule has 136 valence electrons. The molecule has 1 amide bonds. The van der Waals surface area contributed by atoms with E-state index in [0.717, 1.165) is 17.4 Å². The van der Waals surface area contributed by atoms with Crippen molar-refractivity contribution in [3.05, 3.63) is 78.7 Å². The van der Waals surface area contributed by atoms with Gasteiger partial charge in [0, 0.05) is 34.7 Å². The van der Waals surface area contributed by atoms with E-state index in [2.05, 4.69) is 10.3 Å². The van der Waals surface area contributed by atoms with Gasteiger partial charge in [-0.05, 0) is 24.3 Å². The van der Waals surface area contributed by atoms with Crippen molar-refractivity contribution in [2.45, 2.75) is 0 Å². The maximum atomic E-state index is 12.3. The van der Waals surface area contributed by atoms with Gasteiger partial charge in [-0.25, -0.2) is 4.98 Å². The Hall–Kier alpha value is -3.37. The molecular formula is C16H9ClN4O5S. The molecule has 0 aliphatic carbocycles. The fourth-order valence-electron chi connectivity index (χ4n) is 2.18. The molecule has 1 N–H and O–H groups in total.